The fourth-order valence-corrected chi connectivity index (χ4v) is 4.20. The maximum atomic E-state index is 12.8. The van der Waals surface area contributed by atoms with Crippen molar-refractivity contribution in [2.45, 2.75) is 31.8 Å². The van der Waals surface area contributed by atoms with E-state index in [0.717, 1.165) is 24.9 Å². The highest BCUT2D eigenvalue weighted by Crippen LogP contribution is 2.32. The van der Waals surface area contributed by atoms with Gasteiger partial charge in [0, 0.05) is 39.3 Å². The number of nitrogens with zero attached hydrogens (tertiary/aromatic N) is 4. The summed E-state index contributed by atoms with van der Waals surface area (Å²) in [6.45, 7) is 1.95. The monoisotopic (exact) mass is 352 g/mol. The number of aromatic nitrogens is 2. The Labute approximate surface area is 153 Å². The van der Waals surface area contributed by atoms with Crippen molar-refractivity contribution in [1.29, 1.82) is 0 Å². The molecule has 3 heterocycles. The van der Waals surface area contributed by atoms with Gasteiger partial charge in [-0.2, -0.15) is 5.10 Å². The Morgan fingerprint density at radius 3 is 2.77 bits per heavy atom. The number of fused-ring (bicyclic) bond motifs is 1. The summed E-state index contributed by atoms with van der Waals surface area (Å²) in [6, 6.07) is 10.2. The summed E-state index contributed by atoms with van der Waals surface area (Å²) in [7, 11) is 1.81. The van der Waals surface area contributed by atoms with Gasteiger partial charge in [-0.15, -0.1) is 0 Å². The number of benzene rings is 1. The van der Waals surface area contributed by atoms with Crippen LogP contribution < -0.4 is 0 Å². The minimum absolute atomic E-state index is 0.0123. The van der Waals surface area contributed by atoms with E-state index in [0.29, 0.717) is 31.0 Å². The summed E-state index contributed by atoms with van der Waals surface area (Å²) in [5.74, 6) is 0.570. The summed E-state index contributed by atoms with van der Waals surface area (Å²) in [5, 5.41) is 4.10. The van der Waals surface area contributed by atoms with Gasteiger partial charge in [-0.25, -0.2) is 0 Å². The van der Waals surface area contributed by atoms with Crippen LogP contribution in [0.3, 0.4) is 0 Å². The predicted molar refractivity (Wildman–Crippen MR) is 97.2 cm³/mol. The topological polar surface area (TPSA) is 58.4 Å². The van der Waals surface area contributed by atoms with E-state index in [4.69, 9.17) is 0 Å². The molecule has 2 aliphatic heterocycles. The molecule has 2 aliphatic rings. The normalized spacial score (nSPS) is 23.0. The van der Waals surface area contributed by atoms with Crippen molar-refractivity contribution in [2.24, 2.45) is 13.0 Å². The van der Waals surface area contributed by atoms with E-state index in [1.165, 1.54) is 0 Å². The van der Waals surface area contributed by atoms with Crippen molar-refractivity contribution in [3.63, 3.8) is 0 Å². The smallest absolute Gasteiger partial charge is 0.257 e. The second-order valence-electron chi connectivity index (χ2n) is 7.34. The second-order valence-corrected chi connectivity index (χ2v) is 7.34. The summed E-state index contributed by atoms with van der Waals surface area (Å²) in [5.41, 5.74) is 1.75. The molecule has 0 N–H and O–H groups in total. The fraction of sp³-hybridized carbons (Fsp3) is 0.450. The van der Waals surface area contributed by atoms with Gasteiger partial charge in [0.2, 0.25) is 5.91 Å². The molecule has 2 saturated heterocycles. The van der Waals surface area contributed by atoms with Crippen molar-refractivity contribution in [1.82, 2.24) is 19.6 Å². The highest BCUT2D eigenvalue weighted by molar-refractivity contribution is 5.94. The Balaban J connectivity index is 1.54. The molecular formula is C20H24N4O2. The first-order chi connectivity index (χ1) is 12.6. The van der Waals surface area contributed by atoms with Crippen LogP contribution in [-0.4, -0.2) is 50.5 Å². The molecular weight excluding hydrogens is 328 g/mol. The molecule has 26 heavy (non-hydrogen) atoms. The van der Waals surface area contributed by atoms with Crippen molar-refractivity contribution < 1.29 is 9.59 Å². The van der Waals surface area contributed by atoms with Crippen LogP contribution in [0.5, 0.6) is 0 Å². The largest absolute Gasteiger partial charge is 0.336 e. The molecule has 0 bridgehead atoms. The van der Waals surface area contributed by atoms with E-state index >= 15 is 0 Å². The van der Waals surface area contributed by atoms with Crippen LogP contribution in [0.4, 0.5) is 0 Å². The van der Waals surface area contributed by atoms with E-state index in [-0.39, 0.29) is 17.9 Å². The van der Waals surface area contributed by atoms with Crippen LogP contribution in [0.2, 0.25) is 0 Å². The first kappa shape index (κ1) is 16.8. The van der Waals surface area contributed by atoms with E-state index in [9.17, 15) is 9.59 Å². The van der Waals surface area contributed by atoms with Crippen LogP contribution in [0.1, 0.15) is 35.2 Å². The lowest BCUT2D eigenvalue weighted by Gasteiger charge is -2.30. The summed E-state index contributed by atoms with van der Waals surface area (Å²) >= 11 is 0. The number of hydrogen-bond donors (Lipinski definition) is 0. The molecule has 0 unspecified atom stereocenters. The van der Waals surface area contributed by atoms with Gasteiger partial charge in [0.05, 0.1) is 17.8 Å². The first-order valence-electron chi connectivity index (χ1n) is 9.23. The third kappa shape index (κ3) is 3.23. The zero-order chi connectivity index (χ0) is 18.1. The average Bonchev–Trinajstić information content (AvgIpc) is 3.23. The highest BCUT2D eigenvalue weighted by atomic mass is 16.2. The number of carbonyl (C=O) groups is 2. The molecule has 4 rings (SSSR count). The van der Waals surface area contributed by atoms with Crippen molar-refractivity contribution in [3.05, 3.63) is 53.9 Å². The number of likely N-dealkylation sites (tertiary alicyclic amines) is 2. The van der Waals surface area contributed by atoms with E-state index in [2.05, 4.69) is 17.2 Å². The first-order valence-corrected chi connectivity index (χ1v) is 9.23. The summed E-state index contributed by atoms with van der Waals surface area (Å²) in [4.78, 5) is 29.4. The molecule has 2 atom stereocenters. The highest BCUT2D eigenvalue weighted by Gasteiger charge is 2.42. The maximum absolute atomic E-state index is 12.8. The Bertz CT molecular complexity index is 801. The van der Waals surface area contributed by atoms with Crippen molar-refractivity contribution in [2.75, 3.05) is 13.1 Å². The van der Waals surface area contributed by atoms with Gasteiger partial charge in [-0.1, -0.05) is 30.3 Å². The molecule has 2 fully saturated rings. The van der Waals surface area contributed by atoms with Gasteiger partial charge >= 0.3 is 0 Å². The minimum Gasteiger partial charge on any atom is -0.336 e. The Hall–Kier alpha value is -2.63. The van der Waals surface area contributed by atoms with Crippen molar-refractivity contribution >= 4 is 11.8 Å². The lowest BCUT2D eigenvalue weighted by atomic mass is 9.98. The van der Waals surface area contributed by atoms with Gasteiger partial charge in [-0.05, 0) is 24.3 Å². The van der Waals surface area contributed by atoms with Crippen molar-refractivity contribution in [3.8, 4) is 0 Å². The minimum atomic E-state index is 0.0123. The van der Waals surface area contributed by atoms with E-state index < -0.39 is 0 Å². The van der Waals surface area contributed by atoms with E-state index in [1.54, 1.807) is 17.1 Å². The van der Waals surface area contributed by atoms with Crippen LogP contribution in [0.25, 0.3) is 0 Å². The number of amides is 2. The SMILES string of the molecule is Cn1cc(C(=O)N2C[C@H]3CCCC(=O)N(Cc4ccccc4)[C@H]3C2)cn1. The Morgan fingerprint density at radius 1 is 1.23 bits per heavy atom. The Morgan fingerprint density at radius 2 is 2.04 bits per heavy atom. The molecule has 6 heteroatoms. The quantitative estimate of drug-likeness (QED) is 0.850. The van der Waals surface area contributed by atoms with Gasteiger partial charge in [-0.3, -0.25) is 14.3 Å². The predicted octanol–water partition coefficient (Wildman–Crippen LogP) is 2.07. The molecule has 0 spiro atoms. The number of hydrogen-bond acceptors (Lipinski definition) is 3. The number of rotatable bonds is 3. The zero-order valence-electron chi connectivity index (χ0n) is 15.0. The molecule has 0 saturated carbocycles. The summed E-state index contributed by atoms with van der Waals surface area (Å²) in [6.07, 6.45) is 5.88. The van der Waals surface area contributed by atoms with Gasteiger partial charge in [0.25, 0.3) is 5.91 Å². The molecule has 6 nitrogen and oxygen atoms in total. The lowest BCUT2D eigenvalue weighted by Crippen LogP contribution is -2.43. The fourth-order valence-electron chi connectivity index (χ4n) is 4.20. The zero-order valence-corrected chi connectivity index (χ0v) is 15.0. The van der Waals surface area contributed by atoms with Gasteiger partial charge in [0.1, 0.15) is 0 Å². The maximum Gasteiger partial charge on any atom is 0.257 e. The third-order valence-electron chi connectivity index (χ3n) is 5.53. The molecule has 1 aromatic carbocycles. The van der Waals surface area contributed by atoms with Gasteiger partial charge in [0.15, 0.2) is 0 Å². The Kier molecular flexibility index (Phi) is 4.49. The third-order valence-corrected chi connectivity index (χ3v) is 5.53. The molecule has 136 valence electrons. The molecule has 2 amide bonds. The standard InChI is InChI=1S/C20H24N4O2/c1-22-12-17(10-21-22)20(26)23-13-16-8-5-9-19(25)24(18(16)14-23)11-15-6-3-2-4-7-15/h2-4,6-7,10,12,16,18H,5,8-9,11,13-14H2,1H3/t16-,18+/m1/s1. The molecule has 0 radical (unpaired) electrons. The average molecular weight is 352 g/mol. The van der Waals surface area contributed by atoms with Crippen LogP contribution in [-0.2, 0) is 18.4 Å². The van der Waals surface area contributed by atoms with Crippen LogP contribution >= 0.6 is 0 Å². The van der Waals surface area contributed by atoms with Crippen LogP contribution in [0, 0.1) is 5.92 Å². The second kappa shape index (κ2) is 6.94. The lowest BCUT2D eigenvalue weighted by molar-refractivity contribution is -0.133. The van der Waals surface area contributed by atoms with Crippen LogP contribution in [0.15, 0.2) is 42.7 Å². The molecule has 0 aliphatic carbocycles. The van der Waals surface area contributed by atoms with E-state index in [1.807, 2.05) is 35.0 Å². The number of aryl methyl sites for hydroxylation is 1. The molecule has 1 aromatic heterocycles. The van der Waals surface area contributed by atoms with Gasteiger partial charge < -0.3 is 9.80 Å². The molecule has 2 aromatic rings. The number of carbonyl (C=O) groups excluding carboxylic acids is 2. The summed E-state index contributed by atoms with van der Waals surface area (Å²) < 4.78 is 1.65.